The average Bonchev–Trinajstić information content (AvgIpc) is 2.12. The molecule has 2 aromatic rings. The molecule has 0 saturated carbocycles. The third-order valence-electron chi connectivity index (χ3n) is 1.79. The Kier molecular flexibility index (Phi) is 1.62. The van der Waals surface area contributed by atoms with Crippen molar-refractivity contribution in [2.24, 2.45) is 0 Å². The monoisotopic (exact) mass is 181 g/mol. The lowest BCUT2D eigenvalue weighted by Gasteiger charge is -1.98. The first kappa shape index (κ1) is 7.91. The molecule has 1 aromatic heterocycles. The number of benzene rings is 1. The summed E-state index contributed by atoms with van der Waals surface area (Å²) in [5, 5.41) is 0.471. The molecule has 4 heteroatoms. The first-order valence-electron chi connectivity index (χ1n) is 3.65. The Morgan fingerprint density at radius 1 is 1.08 bits per heavy atom. The van der Waals surface area contributed by atoms with Crippen LogP contribution in [0.5, 0.6) is 0 Å². The van der Waals surface area contributed by atoms with E-state index in [0.29, 0.717) is 5.39 Å². The number of nitrogens with one attached hydrogen (secondary N) is 1. The smallest absolute Gasteiger partial charge is 0.248 e. The molecule has 1 heterocycles. The van der Waals surface area contributed by atoms with Gasteiger partial charge >= 0.3 is 0 Å². The van der Waals surface area contributed by atoms with Gasteiger partial charge in [-0.3, -0.25) is 4.79 Å². The average molecular weight is 181 g/mol. The maximum absolute atomic E-state index is 13.0. The zero-order chi connectivity index (χ0) is 9.42. The Labute approximate surface area is 71.8 Å². The van der Waals surface area contributed by atoms with Crippen LogP contribution in [-0.4, -0.2) is 4.98 Å². The van der Waals surface area contributed by atoms with E-state index in [1.807, 2.05) is 0 Å². The number of aromatic nitrogens is 1. The summed E-state index contributed by atoms with van der Waals surface area (Å²) in [5.41, 5.74) is -0.537. The van der Waals surface area contributed by atoms with Gasteiger partial charge in [-0.05, 0) is 18.2 Å². The van der Waals surface area contributed by atoms with E-state index in [1.54, 1.807) is 0 Å². The minimum atomic E-state index is -1.02. The fourth-order valence-corrected chi connectivity index (χ4v) is 1.16. The van der Waals surface area contributed by atoms with Gasteiger partial charge in [-0.2, -0.15) is 0 Å². The summed E-state index contributed by atoms with van der Waals surface area (Å²) < 4.78 is 25.7. The zero-order valence-corrected chi connectivity index (χ0v) is 6.47. The van der Waals surface area contributed by atoms with Crippen LogP contribution >= 0.6 is 0 Å². The molecule has 0 amide bonds. The van der Waals surface area contributed by atoms with E-state index in [1.165, 1.54) is 18.2 Å². The van der Waals surface area contributed by atoms with Crippen molar-refractivity contribution in [3.63, 3.8) is 0 Å². The van der Waals surface area contributed by atoms with Gasteiger partial charge in [0.2, 0.25) is 5.56 Å². The number of fused-ring (bicyclic) bond motifs is 1. The molecule has 0 atom stereocenters. The molecule has 0 aliphatic carbocycles. The Morgan fingerprint density at radius 3 is 2.54 bits per heavy atom. The second-order valence-electron chi connectivity index (χ2n) is 2.65. The predicted molar refractivity (Wildman–Crippen MR) is 44.5 cm³/mol. The van der Waals surface area contributed by atoms with Crippen LogP contribution in [0.2, 0.25) is 0 Å². The number of H-pyrrole nitrogens is 1. The van der Waals surface area contributed by atoms with Gasteiger partial charge < -0.3 is 4.98 Å². The van der Waals surface area contributed by atoms with E-state index in [4.69, 9.17) is 0 Å². The van der Waals surface area contributed by atoms with Crippen LogP contribution in [0, 0.1) is 11.6 Å². The fourth-order valence-electron chi connectivity index (χ4n) is 1.16. The van der Waals surface area contributed by atoms with Crippen molar-refractivity contribution in [1.29, 1.82) is 0 Å². The van der Waals surface area contributed by atoms with Crippen LogP contribution in [0.4, 0.5) is 8.78 Å². The van der Waals surface area contributed by atoms with Gasteiger partial charge in [0, 0.05) is 11.5 Å². The van der Waals surface area contributed by atoms with Gasteiger partial charge in [-0.15, -0.1) is 0 Å². The van der Waals surface area contributed by atoms with Gasteiger partial charge in [0.15, 0.2) is 11.6 Å². The summed E-state index contributed by atoms with van der Waals surface area (Å²) >= 11 is 0. The lowest BCUT2D eigenvalue weighted by molar-refractivity contribution is 0.515. The van der Waals surface area contributed by atoms with Gasteiger partial charge in [-0.25, -0.2) is 8.78 Å². The van der Waals surface area contributed by atoms with Gasteiger partial charge in [0.1, 0.15) is 0 Å². The van der Waals surface area contributed by atoms with E-state index >= 15 is 0 Å². The summed E-state index contributed by atoms with van der Waals surface area (Å²) in [5.74, 6) is -1.98. The summed E-state index contributed by atoms with van der Waals surface area (Å²) in [6.07, 6.45) is 0. The summed E-state index contributed by atoms with van der Waals surface area (Å²) in [6.45, 7) is 0. The number of halogens is 2. The molecular weight excluding hydrogens is 176 g/mol. The maximum atomic E-state index is 13.0. The molecule has 66 valence electrons. The minimum absolute atomic E-state index is 0.0903. The highest BCUT2D eigenvalue weighted by molar-refractivity contribution is 5.78. The Hall–Kier alpha value is -1.71. The van der Waals surface area contributed by atoms with Crippen LogP contribution < -0.4 is 5.56 Å². The highest BCUT2D eigenvalue weighted by Gasteiger charge is 2.06. The Bertz CT molecular complexity index is 518. The molecule has 0 aliphatic heterocycles. The zero-order valence-electron chi connectivity index (χ0n) is 6.47. The third-order valence-corrected chi connectivity index (χ3v) is 1.79. The summed E-state index contributed by atoms with van der Waals surface area (Å²) in [6, 6.07) is 5.13. The summed E-state index contributed by atoms with van der Waals surface area (Å²) in [7, 11) is 0. The second kappa shape index (κ2) is 2.65. The second-order valence-corrected chi connectivity index (χ2v) is 2.65. The van der Waals surface area contributed by atoms with Gasteiger partial charge in [0.05, 0.1) is 5.52 Å². The van der Waals surface area contributed by atoms with Gasteiger partial charge in [0.25, 0.3) is 0 Å². The molecule has 2 rings (SSSR count). The van der Waals surface area contributed by atoms with Crippen molar-refractivity contribution < 1.29 is 8.78 Å². The van der Waals surface area contributed by atoms with E-state index < -0.39 is 17.2 Å². The quantitative estimate of drug-likeness (QED) is 0.660. The largest absolute Gasteiger partial charge is 0.319 e. The molecule has 13 heavy (non-hydrogen) atoms. The molecule has 0 radical (unpaired) electrons. The normalized spacial score (nSPS) is 10.6. The van der Waals surface area contributed by atoms with Crippen LogP contribution in [0.15, 0.2) is 29.1 Å². The SMILES string of the molecule is O=c1ccc2ccc(F)c(F)c2[nH]1. The molecule has 1 N–H and O–H groups in total. The van der Waals surface area contributed by atoms with E-state index in [2.05, 4.69) is 4.98 Å². The molecule has 0 bridgehead atoms. The topological polar surface area (TPSA) is 32.9 Å². The molecule has 2 nitrogen and oxygen atoms in total. The molecule has 0 aliphatic rings. The fraction of sp³-hybridized carbons (Fsp3) is 0. The molecular formula is C9H5F2NO. The summed E-state index contributed by atoms with van der Waals surface area (Å²) in [4.78, 5) is 13.0. The van der Waals surface area contributed by atoms with Crippen LogP contribution in [0.1, 0.15) is 0 Å². The molecule has 0 saturated heterocycles. The van der Waals surface area contributed by atoms with Crippen molar-refractivity contribution in [2.75, 3.05) is 0 Å². The van der Waals surface area contributed by atoms with Crippen molar-refractivity contribution in [1.82, 2.24) is 4.98 Å². The van der Waals surface area contributed by atoms with Crippen molar-refractivity contribution in [3.05, 3.63) is 46.3 Å². The highest BCUT2D eigenvalue weighted by atomic mass is 19.2. The first-order valence-corrected chi connectivity index (χ1v) is 3.65. The predicted octanol–water partition coefficient (Wildman–Crippen LogP) is 1.81. The van der Waals surface area contributed by atoms with Crippen molar-refractivity contribution in [2.45, 2.75) is 0 Å². The van der Waals surface area contributed by atoms with Gasteiger partial charge in [-0.1, -0.05) is 0 Å². The Balaban J connectivity index is 2.97. The van der Waals surface area contributed by atoms with E-state index in [-0.39, 0.29) is 5.52 Å². The lowest BCUT2D eigenvalue weighted by Crippen LogP contribution is -2.04. The molecule has 0 spiro atoms. The number of hydrogen-bond acceptors (Lipinski definition) is 1. The molecule has 1 aromatic carbocycles. The lowest BCUT2D eigenvalue weighted by atomic mass is 10.2. The van der Waals surface area contributed by atoms with Crippen molar-refractivity contribution in [3.8, 4) is 0 Å². The van der Waals surface area contributed by atoms with Crippen LogP contribution in [0.25, 0.3) is 10.9 Å². The maximum Gasteiger partial charge on any atom is 0.248 e. The van der Waals surface area contributed by atoms with Crippen LogP contribution in [-0.2, 0) is 0 Å². The molecule has 0 unspecified atom stereocenters. The van der Waals surface area contributed by atoms with E-state index in [0.717, 1.165) is 6.07 Å². The number of pyridine rings is 1. The highest BCUT2D eigenvalue weighted by Crippen LogP contribution is 2.15. The van der Waals surface area contributed by atoms with Crippen LogP contribution in [0.3, 0.4) is 0 Å². The third kappa shape index (κ3) is 1.20. The minimum Gasteiger partial charge on any atom is -0.319 e. The number of hydrogen-bond donors (Lipinski definition) is 1. The number of rotatable bonds is 0. The van der Waals surface area contributed by atoms with E-state index in [9.17, 15) is 13.6 Å². The molecule has 0 fully saturated rings. The first-order chi connectivity index (χ1) is 6.18. The Morgan fingerprint density at radius 2 is 1.77 bits per heavy atom. The standard InChI is InChI=1S/C9H5F2NO/c10-6-3-1-5-2-4-7(13)12-9(5)8(6)11/h1-4H,(H,12,13). The van der Waals surface area contributed by atoms with Crippen molar-refractivity contribution >= 4 is 10.9 Å². The number of aromatic amines is 1.